The number of thiazole rings is 1. The van der Waals surface area contributed by atoms with Crippen LogP contribution < -0.4 is 10.5 Å². The first-order chi connectivity index (χ1) is 9.99. The van der Waals surface area contributed by atoms with Gasteiger partial charge in [0.25, 0.3) is 10.9 Å². The Kier molecular flexibility index (Phi) is 4.61. The van der Waals surface area contributed by atoms with Crippen molar-refractivity contribution in [3.8, 4) is 5.19 Å². The van der Waals surface area contributed by atoms with Gasteiger partial charge in [0.2, 0.25) is 0 Å². The van der Waals surface area contributed by atoms with Gasteiger partial charge < -0.3 is 10.5 Å². The molecule has 0 atom stereocenters. The Morgan fingerprint density at radius 2 is 2.10 bits per heavy atom. The topological polar surface area (TPSA) is 108 Å². The Morgan fingerprint density at radius 1 is 1.43 bits per heavy atom. The summed E-state index contributed by atoms with van der Waals surface area (Å²) in [6.07, 6.45) is 0.571. The molecule has 0 saturated carbocycles. The van der Waals surface area contributed by atoms with Crippen molar-refractivity contribution in [3.63, 3.8) is 0 Å². The zero-order valence-electron chi connectivity index (χ0n) is 11.2. The molecule has 7 nitrogen and oxygen atoms in total. The highest BCUT2D eigenvalue weighted by atomic mass is 32.1. The number of ether oxygens (including phenoxy) is 1. The summed E-state index contributed by atoms with van der Waals surface area (Å²) in [5, 5.41) is 10.9. The van der Waals surface area contributed by atoms with Crippen molar-refractivity contribution in [1.82, 2.24) is 4.98 Å². The molecule has 0 aliphatic heterocycles. The van der Waals surface area contributed by atoms with Crippen LogP contribution in [-0.2, 0) is 11.2 Å². The van der Waals surface area contributed by atoms with Gasteiger partial charge in [0, 0.05) is 23.4 Å². The molecule has 1 aromatic heterocycles. The van der Waals surface area contributed by atoms with Crippen LogP contribution in [0.3, 0.4) is 0 Å². The lowest BCUT2D eigenvalue weighted by Crippen LogP contribution is -2.19. The average Bonchev–Trinajstić information content (AvgIpc) is 2.79. The zero-order valence-corrected chi connectivity index (χ0v) is 12.1. The quantitative estimate of drug-likeness (QED) is 0.512. The van der Waals surface area contributed by atoms with Gasteiger partial charge in [0.1, 0.15) is 0 Å². The number of benzene rings is 1. The second kappa shape index (κ2) is 6.42. The minimum absolute atomic E-state index is 0.0531. The summed E-state index contributed by atoms with van der Waals surface area (Å²) in [6, 6.07) is 6.31. The fourth-order valence-electron chi connectivity index (χ4n) is 1.67. The zero-order chi connectivity index (χ0) is 15.4. The lowest BCUT2D eigenvalue weighted by molar-refractivity contribution is -0.384. The van der Waals surface area contributed by atoms with Crippen molar-refractivity contribution in [1.29, 1.82) is 0 Å². The maximum absolute atomic E-state index is 11.1. The summed E-state index contributed by atoms with van der Waals surface area (Å²) in [7, 11) is 0. The first kappa shape index (κ1) is 15.1. The van der Waals surface area contributed by atoms with E-state index in [1.165, 1.54) is 23.5 Å². The highest BCUT2D eigenvalue weighted by molar-refractivity contribution is 7.13. The molecule has 2 rings (SSSR count). The normalized spacial score (nSPS) is 10.4. The Balaban J connectivity index is 2.12. The van der Waals surface area contributed by atoms with Crippen LogP contribution in [0.1, 0.15) is 16.1 Å². The monoisotopic (exact) mass is 307 g/mol. The van der Waals surface area contributed by atoms with Crippen molar-refractivity contribution in [3.05, 3.63) is 50.5 Å². The maximum Gasteiger partial charge on any atom is 0.327 e. The van der Waals surface area contributed by atoms with E-state index in [2.05, 4.69) is 4.98 Å². The molecule has 0 radical (unpaired) electrons. The van der Waals surface area contributed by atoms with E-state index in [9.17, 15) is 14.9 Å². The van der Waals surface area contributed by atoms with Crippen LogP contribution in [0.25, 0.3) is 0 Å². The van der Waals surface area contributed by atoms with E-state index in [4.69, 9.17) is 10.5 Å². The Labute approximate surface area is 124 Å². The number of carbonyl (C=O) groups is 1. The van der Waals surface area contributed by atoms with E-state index in [0.717, 1.165) is 16.1 Å². The van der Waals surface area contributed by atoms with Gasteiger partial charge in [0.05, 0.1) is 17.2 Å². The summed E-state index contributed by atoms with van der Waals surface area (Å²) in [4.78, 5) is 26.4. The third-order valence-corrected chi connectivity index (χ3v) is 3.79. The van der Waals surface area contributed by atoms with Crippen LogP contribution in [0, 0.1) is 17.0 Å². The summed E-state index contributed by atoms with van der Waals surface area (Å²) < 4.78 is 4.97. The molecule has 0 unspecified atom stereocenters. The first-order valence-corrected chi connectivity index (χ1v) is 6.91. The molecule has 0 bridgehead atoms. The van der Waals surface area contributed by atoms with Gasteiger partial charge in [-0.25, -0.2) is 4.98 Å². The van der Waals surface area contributed by atoms with Gasteiger partial charge in [0.15, 0.2) is 0 Å². The van der Waals surface area contributed by atoms with Crippen LogP contribution in [0.5, 0.6) is 5.19 Å². The number of aryl methyl sites for hydroxylation is 1. The number of rotatable bonds is 5. The van der Waals surface area contributed by atoms with Crippen molar-refractivity contribution in [2.45, 2.75) is 13.3 Å². The first-order valence-electron chi connectivity index (χ1n) is 6.10. The standard InChI is InChI=1S/C13H13N3O4S/c1-8-11(21-13(15-8)20-12(17)7-14)6-9-2-4-10(5-3-9)16(18)19/h2-5H,6-7,14H2,1H3. The minimum Gasteiger partial charge on any atom is -0.397 e. The molecule has 110 valence electrons. The third-order valence-electron chi connectivity index (χ3n) is 2.75. The third kappa shape index (κ3) is 3.83. The van der Waals surface area contributed by atoms with Crippen LogP contribution in [0.4, 0.5) is 5.69 Å². The van der Waals surface area contributed by atoms with E-state index in [0.29, 0.717) is 6.42 Å². The molecule has 2 N–H and O–H groups in total. The summed E-state index contributed by atoms with van der Waals surface area (Å²) >= 11 is 1.26. The number of nitro groups is 1. The lowest BCUT2D eigenvalue weighted by Gasteiger charge is -1.99. The van der Waals surface area contributed by atoms with Crippen molar-refractivity contribution >= 4 is 23.0 Å². The van der Waals surface area contributed by atoms with Crippen LogP contribution in [0.2, 0.25) is 0 Å². The van der Waals surface area contributed by atoms with Crippen LogP contribution >= 0.6 is 11.3 Å². The number of aromatic nitrogens is 1. The van der Waals surface area contributed by atoms with Crippen molar-refractivity contribution in [2.24, 2.45) is 5.73 Å². The summed E-state index contributed by atoms with van der Waals surface area (Å²) in [6.45, 7) is 1.62. The predicted molar refractivity (Wildman–Crippen MR) is 77.4 cm³/mol. The van der Waals surface area contributed by atoms with Crippen molar-refractivity contribution < 1.29 is 14.5 Å². The Bertz CT molecular complexity index is 667. The molecule has 0 saturated heterocycles. The number of nitro benzene ring substituents is 1. The molecule has 1 heterocycles. The SMILES string of the molecule is Cc1nc(OC(=O)CN)sc1Cc1ccc([N+](=O)[O-])cc1. The van der Waals surface area contributed by atoms with Crippen LogP contribution in [0.15, 0.2) is 24.3 Å². The van der Waals surface area contributed by atoms with Gasteiger partial charge in [-0.05, 0) is 12.5 Å². The van der Waals surface area contributed by atoms with Gasteiger partial charge in [-0.1, -0.05) is 23.5 Å². The number of hydrogen-bond donors (Lipinski definition) is 1. The maximum atomic E-state index is 11.1. The number of nitrogens with two attached hydrogens (primary N) is 1. The van der Waals surface area contributed by atoms with E-state index < -0.39 is 10.9 Å². The molecular weight excluding hydrogens is 294 g/mol. The minimum atomic E-state index is -0.536. The predicted octanol–water partition coefficient (Wildman–Crippen LogP) is 1.81. The molecule has 0 aliphatic carbocycles. The molecule has 8 heteroatoms. The molecule has 0 amide bonds. The number of hydrogen-bond acceptors (Lipinski definition) is 7. The summed E-state index contributed by atoms with van der Waals surface area (Å²) in [5.41, 5.74) is 6.91. The molecular formula is C13H13N3O4S. The van der Waals surface area contributed by atoms with Gasteiger partial charge in [-0.15, -0.1) is 0 Å². The average molecular weight is 307 g/mol. The van der Waals surface area contributed by atoms with E-state index in [-0.39, 0.29) is 17.4 Å². The van der Waals surface area contributed by atoms with E-state index in [1.54, 1.807) is 12.1 Å². The van der Waals surface area contributed by atoms with Gasteiger partial charge >= 0.3 is 5.97 Å². The molecule has 1 aromatic carbocycles. The Morgan fingerprint density at radius 3 is 2.67 bits per heavy atom. The molecule has 2 aromatic rings. The second-order valence-corrected chi connectivity index (χ2v) is 5.31. The number of non-ortho nitro benzene ring substituents is 1. The van der Waals surface area contributed by atoms with Crippen molar-refractivity contribution in [2.75, 3.05) is 6.54 Å². The number of carbonyl (C=O) groups excluding carboxylic acids is 1. The largest absolute Gasteiger partial charge is 0.397 e. The lowest BCUT2D eigenvalue weighted by atomic mass is 10.1. The summed E-state index contributed by atoms with van der Waals surface area (Å²) in [5.74, 6) is -0.536. The van der Waals surface area contributed by atoms with E-state index in [1.807, 2.05) is 6.92 Å². The van der Waals surface area contributed by atoms with Gasteiger partial charge in [-0.2, -0.15) is 0 Å². The van der Waals surface area contributed by atoms with Crippen LogP contribution in [-0.4, -0.2) is 22.4 Å². The molecule has 0 fully saturated rings. The molecule has 0 spiro atoms. The number of esters is 1. The fourth-order valence-corrected chi connectivity index (χ4v) is 2.63. The Hall–Kier alpha value is -2.32. The molecule has 21 heavy (non-hydrogen) atoms. The highest BCUT2D eigenvalue weighted by Crippen LogP contribution is 2.27. The molecule has 0 aliphatic rings. The smallest absolute Gasteiger partial charge is 0.327 e. The second-order valence-electron chi connectivity index (χ2n) is 4.27. The number of nitrogens with zero attached hydrogens (tertiary/aromatic N) is 2. The van der Waals surface area contributed by atoms with E-state index >= 15 is 0 Å². The highest BCUT2D eigenvalue weighted by Gasteiger charge is 2.12. The van der Waals surface area contributed by atoms with Gasteiger partial charge in [-0.3, -0.25) is 14.9 Å². The fraction of sp³-hybridized carbons (Fsp3) is 0.231.